The van der Waals surface area contributed by atoms with Gasteiger partial charge < -0.3 is 4.74 Å². The van der Waals surface area contributed by atoms with E-state index in [1.807, 2.05) is 48.5 Å². The molecule has 0 amide bonds. The largest absolute Gasteiger partial charge is 0.485 e. The highest BCUT2D eigenvalue weighted by Crippen LogP contribution is 2.35. The molecule has 18 heavy (non-hydrogen) atoms. The number of hydrogen-bond acceptors (Lipinski definition) is 2. The van der Waals surface area contributed by atoms with Crippen LogP contribution in [0.2, 0.25) is 5.02 Å². The average Bonchev–Trinajstić information content (AvgIpc) is 2.39. The van der Waals surface area contributed by atoms with Gasteiger partial charge in [0.2, 0.25) is 0 Å². The molecular weight excluding hydrogens is 264 g/mol. The SMILES string of the molecule is S=C1CC(c2ccc(Cl)cc2)Oc2ccccc21. The minimum absolute atomic E-state index is 0.00957. The summed E-state index contributed by atoms with van der Waals surface area (Å²) in [5.74, 6) is 0.869. The molecule has 2 aromatic rings. The fourth-order valence-corrected chi connectivity index (χ4v) is 2.58. The molecule has 0 saturated carbocycles. The van der Waals surface area contributed by atoms with Crippen LogP contribution in [0.4, 0.5) is 0 Å². The van der Waals surface area contributed by atoms with Gasteiger partial charge in [0.15, 0.2) is 0 Å². The van der Waals surface area contributed by atoms with Crippen LogP contribution in [0, 0.1) is 0 Å². The normalized spacial score (nSPS) is 18.1. The summed E-state index contributed by atoms with van der Waals surface area (Å²) >= 11 is 11.4. The van der Waals surface area contributed by atoms with Gasteiger partial charge in [0, 0.05) is 21.9 Å². The summed E-state index contributed by atoms with van der Waals surface area (Å²) < 4.78 is 6.00. The van der Waals surface area contributed by atoms with Crippen LogP contribution in [0.5, 0.6) is 5.75 Å². The van der Waals surface area contributed by atoms with Crippen molar-refractivity contribution in [2.45, 2.75) is 12.5 Å². The van der Waals surface area contributed by atoms with E-state index in [9.17, 15) is 0 Å². The van der Waals surface area contributed by atoms with E-state index in [0.717, 1.165) is 33.2 Å². The number of benzene rings is 2. The predicted octanol–water partition coefficient (Wildman–Crippen LogP) is 4.58. The van der Waals surface area contributed by atoms with Crippen molar-refractivity contribution in [1.82, 2.24) is 0 Å². The first-order valence-corrected chi connectivity index (χ1v) is 6.57. The molecule has 0 spiro atoms. The van der Waals surface area contributed by atoms with E-state index >= 15 is 0 Å². The second kappa shape index (κ2) is 4.71. The summed E-state index contributed by atoms with van der Waals surface area (Å²) in [5.41, 5.74) is 2.15. The van der Waals surface area contributed by atoms with E-state index in [1.165, 1.54) is 0 Å². The van der Waals surface area contributed by atoms with E-state index in [4.69, 9.17) is 28.6 Å². The second-order valence-electron chi connectivity index (χ2n) is 4.28. The van der Waals surface area contributed by atoms with Crippen LogP contribution in [-0.2, 0) is 0 Å². The maximum absolute atomic E-state index is 6.00. The summed E-state index contributed by atoms with van der Waals surface area (Å²) in [5, 5.41) is 0.734. The highest BCUT2D eigenvalue weighted by molar-refractivity contribution is 7.80. The Kier molecular flexibility index (Phi) is 3.06. The zero-order chi connectivity index (χ0) is 12.5. The third-order valence-electron chi connectivity index (χ3n) is 3.07. The van der Waals surface area contributed by atoms with Crippen molar-refractivity contribution in [2.24, 2.45) is 0 Å². The Bertz CT molecular complexity index is 592. The molecule has 0 aliphatic carbocycles. The summed E-state index contributed by atoms with van der Waals surface area (Å²) in [6.45, 7) is 0. The molecule has 1 heterocycles. The van der Waals surface area contributed by atoms with E-state index in [-0.39, 0.29) is 6.10 Å². The number of hydrogen-bond donors (Lipinski definition) is 0. The summed E-state index contributed by atoms with van der Waals surface area (Å²) in [4.78, 5) is 0.955. The van der Waals surface area contributed by atoms with Crippen LogP contribution >= 0.6 is 23.8 Å². The number of halogens is 1. The average molecular weight is 275 g/mol. The number of fused-ring (bicyclic) bond motifs is 1. The molecule has 3 rings (SSSR count). The first-order valence-electron chi connectivity index (χ1n) is 5.78. The van der Waals surface area contributed by atoms with Crippen molar-refractivity contribution in [2.75, 3.05) is 0 Å². The molecule has 0 fully saturated rings. The Balaban J connectivity index is 1.94. The standard InChI is InChI=1S/C15H11ClOS/c16-11-7-5-10(6-8-11)14-9-15(18)12-3-1-2-4-13(12)17-14/h1-8,14H,9H2. The van der Waals surface area contributed by atoms with Crippen molar-refractivity contribution in [3.63, 3.8) is 0 Å². The fraction of sp³-hybridized carbons (Fsp3) is 0.133. The smallest absolute Gasteiger partial charge is 0.129 e. The highest BCUT2D eigenvalue weighted by atomic mass is 35.5. The fourth-order valence-electron chi connectivity index (χ4n) is 2.14. The molecule has 1 aliphatic rings. The lowest BCUT2D eigenvalue weighted by Gasteiger charge is -2.27. The quantitative estimate of drug-likeness (QED) is 0.704. The van der Waals surface area contributed by atoms with E-state index < -0.39 is 0 Å². The minimum atomic E-state index is -0.00957. The van der Waals surface area contributed by atoms with Gasteiger partial charge in [-0.25, -0.2) is 0 Å². The summed E-state index contributed by atoms with van der Waals surface area (Å²) in [7, 11) is 0. The molecule has 0 saturated heterocycles. The van der Waals surface area contributed by atoms with Gasteiger partial charge in [-0.3, -0.25) is 0 Å². The van der Waals surface area contributed by atoms with Crippen LogP contribution in [0.1, 0.15) is 23.7 Å². The maximum atomic E-state index is 6.00. The number of rotatable bonds is 1. The lowest BCUT2D eigenvalue weighted by Crippen LogP contribution is -2.19. The lowest BCUT2D eigenvalue weighted by molar-refractivity contribution is 0.207. The molecule has 1 atom stereocenters. The monoisotopic (exact) mass is 274 g/mol. The number of para-hydroxylation sites is 1. The van der Waals surface area contributed by atoms with Crippen molar-refractivity contribution in [3.8, 4) is 5.75 Å². The van der Waals surface area contributed by atoms with Crippen LogP contribution in [0.3, 0.4) is 0 Å². The van der Waals surface area contributed by atoms with Gasteiger partial charge >= 0.3 is 0 Å². The number of ether oxygens (including phenoxy) is 1. The van der Waals surface area contributed by atoms with Gasteiger partial charge in [-0.05, 0) is 23.8 Å². The Hall–Kier alpha value is -1.38. The molecule has 90 valence electrons. The molecule has 3 heteroatoms. The zero-order valence-corrected chi connectivity index (χ0v) is 11.2. The zero-order valence-electron chi connectivity index (χ0n) is 9.60. The Morgan fingerprint density at radius 2 is 1.78 bits per heavy atom. The molecule has 0 radical (unpaired) electrons. The Labute approximate surface area is 116 Å². The van der Waals surface area contributed by atoms with Gasteiger partial charge in [-0.1, -0.05) is 54.2 Å². The van der Waals surface area contributed by atoms with Crippen molar-refractivity contribution in [1.29, 1.82) is 0 Å². The maximum Gasteiger partial charge on any atom is 0.129 e. The van der Waals surface area contributed by atoms with Crippen molar-refractivity contribution in [3.05, 3.63) is 64.7 Å². The second-order valence-corrected chi connectivity index (χ2v) is 5.21. The molecular formula is C15H11ClOS. The van der Waals surface area contributed by atoms with Gasteiger partial charge in [0.1, 0.15) is 11.9 Å². The molecule has 1 aliphatic heterocycles. The van der Waals surface area contributed by atoms with Gasteiger partial charge in [-0.2, -0.15) is 0 Å². The third-order valence-corrected chi connectivity index (χ3v) is 3.71. The van der Waals surface area contributed by atoms with Gasteiger partial charge in [-0.15, -0.1) is 0 Å². The lowest BCUT2D eigenvalue weighted by atomic mass is 9.97. The van der Waals surface area contributed by atoms with Gasteiger partial charge in [0.25, 0.3) is 0 Å². The first kappa shape index (κ1) is 11.7. The first-order chi connectivity index (χ1) is 8.74. The molecule has 0 aromatic heterocycles. The molecule has 1 nitrogen and oxygen atoms in total. The Morgan fingerprint density at radius 1 is 1.06 bits per heavy atom. The van der Waals surface area contributed by atoms with Gasteiger partial charge in [0.05, 0.1) is 0 Å². The molecule has 0 bridgehead atoms. The summed E-state index contributed by atoms with van der Waals surface area (Å²) in [6, 6.07) is 15.7. The molecule has 1 unspecified atom stereocenters. The number of thiocarbonyl (C=S) groups is 1. The Morgan fingerprint density at radius 3 is 2.56 bits per heavy atom. The molecule has 0 N–H and O–H groups in total. The van der Waals surface area contributed by atoms with E-state index in [1.54, 1.807) is 0 Å². The third kappa shape index (κ3) is 2.14. The van der Waals surface area contributed by atoms with Crippen molar-refractivity contribution >= 4 is 28.7 Å². The molecule has 2 aromatic carbocycles. The minimum Gasteiger partial charge on any atom is -0.485 e. The van der Waals surface area contributed by atoms with Crippen LogP contribution in [0.15, 0.2) is 48.5 Å². The van der Waals surface area contributed by atoms with Crippen LogP contribution in [-0.4, -0.2) is 4.86 Å². The van der Waals surface area contributed by atoms with Crippen LogP contribution in [0.25, 0.3) is 0 Å². The van der Waals surface area contributed by atoms with E-state index in [0.29, 0.717) is 0 Å². The predicted molar refractivity (Wildman–Crippen MR) is 77.6 cm³/mol. The highest BCUT2D eigenvalue weighted by Gasteiger charge is 2.24. The van der Waals surface area contributed by atoms with Crippen molar-refractivity contribution < 1.29 is 4.74 Å². The summed E-state index contributed by atoms with van der Waals surface area (Å²) in [6.07, 6.45) is 0.734. The topological polar surface area (TPSA) is 9.23 Å². The van der Waals surface area contributed by atoms with E-state index in [2.05, 4.69) is 0 Å². The van der Waals surface area contributed by atoms with Crippen LogP contribution < -0.4 is 4.74 Å².